The van der Waals surface area contributed by atoms with E-state index in [9.17, 15) is 14.4 Å². The second-order valence-electron chi connectivity index (χ2n) is 11.5. The number of hydrogen-bond donors (Lipinski definition) is 0. The van der Waals surface area contributed by atoms with E-state index in [1.165, 1.54) is 5.56 Å². The molecular weight excluding hydrogens is 550 g/mol. The summed E-state index contributed by atoms with van der Waals surface area (Å²) in [6, 6.07) is 25.7. The van der Waals surface area contributed by atoms with Crippen LogP contribution in [0.3, 0.4) is 0 Å². The predicted molar refractivity (Wildman–Crippen MR) is 173 cm³/mol. The van der Waals surface area contributed by atoms with Crippen LogP contribution in [-0.2, 0) is 20.9 Å². The highest BCUT2D eigenvalue weighted by Gasteiger charge is 2.37. The minimum Gasteiger partial charge on any atom is -0.463 e. The summed E-state index contributed by atoms with van der Waals surface area (Å²) >= 11 is 0. The van der Waals surface area contributed by atoms with Crippen molar-refractivity contribution in [2.45, 2.75) is 39.7 Å². The third-order valence-electron chi connectivity index (χ3n) is 8.44. The predicted octanol–water partition coefficient (Wildman–Crippen LogP) is 5.82. The monoisotopic (exact) mass is 591 g/mol. The molecule has 0 radical (unpaired) electrons. The van der Waals surface area contributed by atoms with Crippen LogP contribution in [0.25, 0.3) is 6.08 Å². The number of benzene rings is 3. The molecule has 7 nitrogen and oxygen atoms in total. The zero-order valence-corrected chi connectivity index (χ0v) is 25.9. The SMILES string of the molecule is CCOC(=O)C1=C(C)N(Cc2ccc(C(=O)N3CCN(CC=Cc4ccccc4)CC3)cc2)C(=O)CC1c1cccc(C)c1. The van der Waals surface area contributed by atoms with E-state index in [2.05, 4.69) is 29.2 Å². The van der Waals surface area contributed by atoms with E-state index in [1.807, 2.05) is 85.5 Å². The van der Waals surface area contributed by atoms with Gasteiger partial charge in [-0.2, -0.15) is 0 Å². The highest BCUT2D eigenvalue weighted by atomic mass is 16.5. The summed E-state index contributed by atoms with van der Waals surface area (Å²) in [5.41, 5.74) is 5.86. The number of nitrogens with zero attached hydrogens (tertiary/aromatic N) is 3. The first-order chi connectivity index (χ1) is 21.3. The lowest BCUT2D eigenvalue weighted by Crippen LogP contribution is -2.48. The average molecular weight is 592 g/mol. The van der Waals surface area contributed by atoms with Crippen molar-refractivity contribution in [1.29, 1.82) is 0 Å². The topological polar surface area (TPSA) is 70.2 Å². The fraction of sp³-hybridized carbons (Fsp3) is 0.324. The van der Waals surface area contributed by atoms with E-state index >= 15 is 0 Å². The number of aryl methyl sites for hydroxylation is 1. The summed E-state index contributed by atoms with van der Waals surface area (Å²) in [5, 5.41) is 0. The van der Waals surface area contributed by atoms with Gasteiger partial charge in [0.1, 0.15) is 0 Å². The van der Waals surface area contributed by atoms with Crippen LogP contribution in [0.5, 0.6) is 0 Å². The van der Waals surface area contributed by atoms with Crippen molar-refractivity contribution in [3.05, 3.63) is 124 Å². The van der Waals surface area contributed by atoms with E-state index in [4.69, 9.17) is 4.74 Å². The molecule has 228 valence electrons. The average Bonchev–Trinajstić information content (AvgIpc) is 3.03. The molecule has 0 aliphatic carbocycles. The number of hydrogen-bond acceptors (Lipinski definition) is 5. The van der Waals surface area contributed by atoms with Crippen LogP contribution in [-0.4, -0.2) is 71.8 Å². The first-order valence-electron chi connectivity index (χ1n) is 15.4. The largest absolute Gasteiger partial charge is 0.463 e. The lowest BCUT2D eigenvalue weighted by atomic mass is 9.83. The van der Waals surface area contributed by atoms with Gasteiger partial charge in [0, 0.05) is 56.3 Å². The number of ether oxygens (including phenoxy) is 1. The van der Waals surface area contributed by atoms with E-state index in [0.717, 1.165) is 36.3 Å². The van der Waals surface area contributed by atoms with Gasteiger partial charge < -0.3 is 14.5 Å². The number of esters is 1. The highest BCUT2D eigenvalue weighted by Crippen LogP contribution is 2.38. The molecule has 0 aromatic heterocycles. The quantitative estimate of drug-likeness (QED) is 0.294. The summed E-state index contributed by atoms with van der Waals surface area (Å²) in [6.45, 7) is 10.1. The maximum atomic E-state index is 13.4. The van der Waals surface area contributed by atoms with E-state index in [1.54, 1.807) is 11.8 Å². The Kier molecular flexibility index (Phi) is 10.1. The van der Waals surface area contributed by atoms with E-state index in [-0.39, 0.29) is 36.7 Å². The molecule has 0 N–H and O–H groups in total. The van der Waals surface area contributed by atoms with Crippen LogP contribution in [0.4, 0.5) is 0 Å². The van der Waals surface area contributed by atoms with Crippen molar-refractivity contribution in [2.24, 2.45) is 0 Å². The molecule has 1 saturated heterocycles. The number of carbonyl (C=O) groups excluding carboxylic acids is 3. The number of piperazine rings is 1. The summed E-state index contributed by atoms with van der Waals surface area (Å²) < 4.78 is 5.43. The Hall–Kier alpha value is -4.49. The fourth-order valence-corrected chi connectivity index (χ4v) is 6.00. The minimum atomic E-state index is -0.387. The van der Waals surface area contributed by atoms with Gasteiger partial charge in [-0.1, -0.05) is 84.4 Å². The molecule has 1 fully saturated rings. The van der Waals surface area contributed by atoms with Gasteiger partial charge in [-0.05, 0) is 49.6 Å². The van der Waals surface area contributed by atoms with E-state index in [0.29, 0.717) is 36.5 Å². The van der Waals surface area contributed by atoms with Gasteiger partial charge in [0.2, 0.25) is 5.91 Å². The molecule has 0 saturated carbocycles. The van der Waals surface area contributed by atoms with Crippen LogP contribution in [0.1, 0.15) is 58.8 Å². The fourth-order valence-electron chi connectivity index (χ4n) is 6.00. The first kappa shape index (κ1) is 31.0. The Bertz CT molecular complexity index is 1540. The zero-order valence-electron chi connectivity index (χ0n) is 25.9. The molecule has 2 heterocycles. The van der Waals surface area contributed by atoms with Gasteiger partial charge in [0.05, 0.1) is 18.7 Å². The van der Waals surface area contributed by atoms with Crippen molar-refractivity contribution in [1.82, 2.24) is 14.7 Å². The molecule has 3 aromatic carbocycles. The molecule has 2 aliphatic heterocycles. The van der Waals surface area contributed by atoms with Crippen LogP contribution < -0.4 is 0 Å². The smallest absolute Gasteiger partial charge is 0.336 e. The zero-order chi connectivity index (χ0) is 31.1. The molecule has 3 aromatic rings. The third-order valence-corrected chi connectivity index (χ3v) is 8.44. The molecule has 7 heteroatoms. The minimum absolute atomic E-state index is 0.0201. The van der Waals surface area contributed by atoms with Gasteiger partial charge in [-0.15, -0.1) is 0 Å². The molecule has 1 atom stereocenters. The lowest BCUT2D eigenvalue weighted by Gasteiger charge is -2.35. The van der Waals surface area contributed by atoms with Gasteiger partial charge in [-0.3, -0.25) is 14.5 Å². The number of carbonyl (C=O) groups is 3. The van der Waals surface area contributed by atoms with Crippen molar-refractivity contribution in [2.75, 3.05) is 39.3 Å². The van der Waals surface area contributed by atoms with Crippen molar-refractivity contribution >= 4 is 23.9 Å². The lowest BCUT2D eigenvalue weighted by molar-refractivity contribution is -0.140. The Morgan fingerprint density at radius 2 is 1.64 bits per heavy atom. The van der Waals surface area contributed by atoms with Gasteiger partial charge in [0.15, 0.2) is 0 Å². The molecule has 0 bridgehead atoms. The van der Waals surface area contributed by atoms with Crippen molar-refractivity contribution in [3.63, 3.8) is 0 Å². The maximum absolute atomic E-state index is 13.4. The second kappa shape index (κ2) is 14.3. The number of amides is 2. The number of allylic oxidation sites excluding steroid dienone is 1. The Morgan fingerprint density at radius 1 is 0.909 bits per heavy atom. The van der Waals surface area contributed by atoms with Gasteiger partial charge in [0.25, 0.3) is 5.91 Å². The Morgan fingerprint density at radius 3 is 2.32 bits per heavy atom. The van der Waals surface area contributed by atoms with Gasteiger partial charge >= 0.3 is 5.97 Å². The van der Waals surface area contributed by atoms with Crippen LogP contribution in [0.2, 0.25) is 0 Å². The Balaban J connectivity index is 1.22. The highest BCUT2D eigenvalue weighted by molar-refractivity contribution is 5.96. The standard InChI is InChI=1S/C37H41N3O4/c1-4-44-37(43)35-28(3)40(34(41)25-33(35)32-14-8-10-27(2)24-32)26-30-15-17-31(18-16-30)36(42)39-22-20-38(21-23-39)19-9-13-29-11-6-5-7-12-29/h5-18,24,33H,4,19-23,25-26H2,1-3H3. The third kappa shape index (κ3) is 7.34. The molecule has 44 heavy (non-hydrogen) atoms. The molecular formula is C37H41N3O4. The summed E-state index contributed by atoms with van der Waals surface area (Å²) in [4.78, 5) is 45.7. The van der Waals surface area contributed by atoms with Crippen molar-refractivity contribution < 1.29 is 19.1 Å². The summed E-state index contributed by atoms with van der Waals surface area (Å²) in [7, 11) is 0. The van der Waals surface area contributed by atoms with Gasteiger partial charge in [-0.25, -0.2) is 4.79 Å². The first-order valence-corrected chi connectivity index (χ1v) is 15.4. The maximum Gasteiger partial charge on any atom is 0.336 e. The molecule has 1 unspecified atom stereocenters. The van der Waals surface area contributed by atoms with E-state index < -0.39 is 0 Å². The normalized spacial score (nSPS) is 17.8. The van der Waals surface area contributed by atoms with Crippen molar-refractivity contribution in [3.8, 4) is 0 Å². The van der Waals surface area contributed by atoms with Crippen LogP contribution in [0, 0.1) is 6.92 Å². The van der Waals surface area contributed by atoms with Crippen LogP contribution >= 0.6 is 0 Å². The number of rotatable bonds is 9. The second-order valence-corrected chi connectivity index (χ2v) is 11.5. The summed E-state index contributed by atoms with van der Waals surface area (Å²) in [5.74, 6) is -0.759. The molecule has 5 rings (SSSR count). The molecule has 0 spiro atoms. The molecule has 2 aliphatic rings. The molecule has 2 amide bonds. The Labute approximate surface area is 260 Å². The summed E-state index contributed by atoms with van der Waals surface area (Å²) in [6.07, 6.45) is 4.50. The van der Waals surface area contributed by atoms with Crippen LogP contribution in [0.15, 0.2) is 96.2 Å².